The molecule has 0 atom stereocenters. The molecule has 0 N–H and O–H groups in total. The Bertz CT molecular complexity index is 466. The van der Waals surface area contributed by atoms with Crippen LogP contribution in [-0.2, 0) is 11.2 Å². The average molecular weight is 263 g/mol. The van der Waals surface area contributed by atoms with Crippen molar-refractivity contribution in [3.63, 3.8) is 0 Å². The highest BCUT2D eigenvalue weighted by molar-refractivity contribution is 5.77. The molecule has 0 unspecified atom stereocenters. The Kier molecular flexibility index (Phi) is 5.55. The van der Waals surface area contributed by atoms with Gasteiger partial charge in [-0.05, 0) is 63.4 Å². The van der Waals surface area contributed by atoms with Crippen LogP contribution in [0.15, 0.2) is 6.07 Å². The molecule has 0 aliphatic carbocycles. The molecule has 1 rings (SSSR count). The lowest BCUT2D eigenvalue weighted by Gasteiger charge is -2.19. The summed E-state index contributed by atoms with van der Waals surface area (Å²) in [5.74, 6) is 1.19. The summed E-state index contributed by atoms with van der Waals surface area (Å²) >= 11 is 0. The maximum Gasteiger partial charge on any atom is 0.143 e. The molecule has 0 saturated heterocycles. The van der Waals surface area contributed by atoms with E-state index in [2.05, 4.69) is 31.7 Å². The number of hydrogen-bond donors (Lipinski definition) is 0. The van der Waals surface area contributed by atoms with Crippen molar-refractivity contribution >= 4 is 5.78 Å². The molecule has 1 aromatic carbocycles. The van der Waals surface area contributed by atoms with E-state index in [1.165, 1.54) is 22.3 Å². The Hall–Kier alpha value is -1.35. The molecule has 0 bridgehead atoms. The van der Waals surface area contributed by atoms with Gasteiger partial charge in [0, 0.05) is 6.54 Å². The third kappa shape index (κ3) is 4.06. The molecule has 0 fully saturated rings. The van der Waals surface area contributed by atoms with Crippen molar-refractivity contribution in [1.82, 2.24) is 4.90 Å². The second-order valence-corrected chi connectivity index (χ2v) is 5.34. The van der Waals surface area contributed by atoms with Crippen LogP contribution in [0.4, 0.5) is 0 Å². The summed E-state index contributed by atoms with van der Waals surface area (Å²) < 4.78 is 5.57. The number of ether oxygens (including phenoxy) is 1. The Balaban J connectivity index is 2.89. The van der Waals surface area contributed by atoms with E-state index in [0.29, 0.717) is 6.54 Å². The van der Waals surface area contributed by atoms with Crippen LogP contribution >= 0.6 is 0 Å². The van der Waals surface area contributed by atoms with E-state index in [0.717, 1.165) is 18.7 Å². The zero-order valence-corrected chi connectivity index (χ0v) is 13.0. The van der Waals surface area contributed by atoms with E-state index >= 15 is 0 Å². The van der Waals surface area contributed by atoms with E-state index < -0.39 is 0 Å². The minimum absolute atomic E-state index is 0.200. The number of Topliss-reactive ketones (excluding diaryl/α,β-unsaturated/α-hetero) is 1. The summed E-state index contributed by atoms with van der Waals surface area (Å²) in [4.78, 5) is 13.1. The molecule has 0 saturated carbocycles. The van der Waals surface area contributed by atoms with Gasteiger partial charge in [0.05, 0.1) is 13.7 Å². The lowest BCUT2D eigenvalue weighted by molar-refractivity contribution is -0.117. The molecule has 0 heterocycles. The second kappa shape index (κ2) is 6.71. The molecule has 0 radical (unpaired) electrons. The predicted octanol–water partition coefficient (Wildman–Crippen LogP) is 2.68. The molecule has 106 valence electrons. The van der Waals surface area contributed by atoms with Gasteiger partial charge in [0.1, 0.15) is 11.5 Å². The first-order valence-electron chi connectivity index (χ1n) is 6.68. The van der Waals surface area contributed by atoms with Crippen molar-refractivity contribution in [3.05, 3.63) is 28.3 Å². The van der Waals surface area contributed by atoms with Gasteiger partial charge in [-0.3, -0.25) is 9.69 Å². The molecule has 0 aliphatic heterocycles. The quantitative estimate of drug-likeness (QED) is 0.790. The van der Waals surface area contributed by atoms with Crippen molar-refractivity contribution in [1.29, 1.82) is 0 Å². The molecule has 3 heteroatoms. The minimum atomic E-state index is 0.200. The fourth-order valence-electron chi connectivity index (χ4n) is 2.45. The number of rotatable bonds is 6. The highest BCUT2D eigenvalue weighted by atomic mass is 16.5. The highest BCUT2D eigenvalue weighted by Gasteiger charge is 2.13. The topological polar surface area (TPSA) is 29.5 Å². The van der Waals surface area contributed by atoms with Gasteiger partial charge in [0.25, 0.3) is 0 Å². The van der Waals surface area contributed by atoms with Gasteiger partial charge in [-0.1, -0.05) is 6.07 Å². The van der Waals surface area contributed by atoms with Crippen molar-refractivity contribution < 1.29 is 9.53 Å². The van der Waals surface area contributed by atoms with Gasteiger partial charge < -0.3 is 4.74 Å². The molecular weight excluding hydrogens is 238 g/mol. The van der Waals surface area contributed by atoms with Crippen LogP contribution in [0.2, 0.25) is 0 Å². The number of carbonyl (C=O) groups excluding carboxylic acids is 1. The lowest BCUT2D eigenvalue weighted by Crippen LogP contribution is -2.26. The normalized spacial score (nSPS) is 10.9. The summed E-state index contributed by atoms with van der Waals surface area (Å²) in [5, 5.41) is 0. The summed E-state index contributed by atoms with van der Waals surface area (Å²) in [6.07, 6.45) is 0.903. The molecule has 0 aromatic heterocycles. The lowest BCUT2D eigenvalue weighted by atomic mass is 9.97. The van der Waals surface area contributed by atoms with Crippen LogP contribution in [0, 0.1) is 20.8 Å². The SMILES string of the molecule is COc1c(C)c(C)cc(C)c1CCN(C)CC(C)=O. The molecule has 19 heavy (non-hydrogen) atoms. The second-order valence-electron chi connectivity index (χ2n) is 5.34. The van der Waals surface area contributed by atoms with Crippen molar-refractivity contribution in [2.45, 2.75) is 34.1 Å². The molecule has 0 aliphatic rings. The number of hydrogen-bond acceptors (Lipinski definition) is 3. The van der Waals surface area contributed by atoms with Crippen LogP contribution in [0.1, 0.15) is 29.2 Å². The number of methoxy groups -OCH3 is 1. The molecule has 3 nitrogen and oxygen atoms in total. The predicted molar refractivity (Wildman–Crippen MR) is 79.1 cm³/mol. The van der Waals surface area contributed by atoms with Crippen molar-refractivity contribution in [2.75, 3.05) is 27.2 Å². The van der Waals surface area contributed by atoms with Crippen LogP contribution in [0.3, 0.4) is 0 Å². The van der Waals surface area contributed by atoms with Gasteiger partial charge >= 0.3 is 0 Å². The fourth-order valence-corrected chi connectivity index (χ4v) is 2.45. The van der Waals surface area contributed by atoms with E-state index in [9.17, 15) is 4.79 Å². The largest absolute Gasteiger partial charge is 0.496 e. The zero-order chi connectivity index (χ0) is 14.6. The third-order valence-electron chi connectivity index (χ3n) is 3.56. The first kappa shape index (κ1) is 15.7. The Labute approximate surface area is 116 Å². The standard InChI is InChI=1S/C16H25NO2/c1-11-9-12(2)15(16(19-6)14(11)4)7-8-17(5)10-13(3)18/h9H,7-8,10H2,1-6H3. The van der Waals surface area contributed by atoms with E-state index in [1.807, 2.05) is 7.05 Å². The smallest absolute Gasteiger partial charge is 0.143 e. The number of ketones is 1. The summed E-state index contributed by atoms with van der Waals surface area (Å²) in [7, 11) is 3.70. The third-order valence-corrected chi connectivity index (χ3v) is 3.56. The van der Waals surface area contributed by atoms with Crippen LogP contribution in [0.25, 0.3) is 0 Å². The van der Waals surface area contributed by atoms with Crippen molar-refractivity contribution in [3.8, 4) is 5.75 Å². The Morgan fingerprint density at radius 3 is 2.42 bits per heavy atom. The minimum Gasteiger partial charge on any atom is -0.496 e. The van der Waals surface area contributed by atoms with E-state index in [1.54, 1.807) is 14.0 Å². The number of carbonyl (C=O) groups is 1. The molecule has 1 aromatic rings. The van der Waals surface area contributed by atoms with E-state index in [4.69, 9.17) is 4.74 Å². The molecular formula is C16H25NO2. The summed E-state index contributed by atoms with van der Waals surface area (Å²) in [6.45, 7) is 9.31. The Morgan fingerprint density at radius 2 is 1.89 bits per heavy atom. The number of aryl methyl sites for hydroxylation is 2. The maximum absolute atomic E-state index is 11.1. The van der Waals surface area contributed by atoms with Gasteiger partial charge in [0.2, 0.25) is 0 Å². The number of nitrogens with zero attached hydrogens (tertiary/aromatic N) is 1. The molecule has 0 amide bonds. The van der Waals surface area contributed by atoms with Gasteiger partial charge in [-0.25, -0.2) is 0 Å². The number of likely N-dealkylation sites (N-methyl/N-ethyl adjacent to an activating group) is 1. The highest BCUT2D eigenvalue weighted by Crippen LogP contribution is 2.29. The number of benzene rings is 1. The maximum atomic E-state index is 11.1. The zero-order valence-electron chi connectivity index (χ0n) is 13.0. The van der Waals surface area contributed by atoms with Crippen molar-refractivity contribution in [2.24, 2.45) is 0 Å². The van der Waals surface area contributed by atoms with Gasteiger partial charge in [-0.2, -0.15) is 0 Å². The monoisotopic (exact) mass is 263 g/mol. The first-order chi connectivity index (χ1) is 8.86. The Morgan fingerprint density at radius 1 is 1.26 bits per heavy atom. The molecule has 0 spiro atoms. The van der Waals surface area contributed by atoms with Crippen LogP contribution in [-0.4, -0.2) is 37.9 Å². The fraction of sp³-hybridized carbons (Fsp3) is 0.562. The summed E-state index contributed by atoms with van der Waals surface area (Å²) in [5.41, 5.74) is 4.98. The average Bonchev–Trinajstić information content (AvgIpc) is 2.31. The van der Waals surface area contributed by atoms with Gasteiger partial charge in [-0.15, -0.1) is 0 Å². The van der Waals surface area contributed by atoms with Gasteiger partial charge in [0.15, 0.2) is 0 Å². The summed E-state index contributed by atoms with van der Waals surface area (Å²) in [6, 6.07) is 2.21. The van der Waals surface area contributed by atoms with Crippen LogP contribution in [0.5, 0.6) is 5.75 Å². The van der Waals surface area contributed by atoms with Crippen LogP contribution < -0.4 is 4.74 Å². The van der Waals surface area contributed by atoms with E-state index in [-0.39, 0.29) is 5.78 Å². The first-order valence-corrected chi connectivity index (χ1v) is 6.68.